The van der Waals surface area contributed by atoms with Crippen LogP contribution in [0.3, 0.4) is 0 Å². The first-order valence-electron chi connectivity index (χ1n) is 8.04. The van der Waals surface area contributed by atoms with Gasteiger partial charge in [-0.3, -0.25) is 4.79 Å². The highest BCUT2D eigenvalue weighted by atomic mass is 32.1. The minimum atomic E-state index is -0.123. The third-order valence-electron chi connectivity index (χ3n) is 3.89. The molecule has 0 radical (unpaired) electrons. The van der Waals surface area contributed by atoms with Crippen molar-refractivity contribution in [3.8, 4) is 11.4 Å². The molecule has 0 aliphatic carbocycles. The van der Waals surface area contributed by atoms with E-state index in [0.717, 1.165) is 24.2 Å². The predicted molar refractivity (Wildman–Crippen MR) is 97.6 cm³/mol. The van der Waals surface area contributed by atoms with Gasteiger partial charge in [-0.1, -0.05) is 12.1 Å². The van der Waals surface area contributed by atoms with Gasteiger partial charge in [0.25, 0.3) is 5.91 Å². The Morgan fingerprint density at radius 2 is 2.20 bits per heavy atom. The SMILES string of the molecule is COc1ccccc1-n1cc(C(=O)NCCCc2scnc2C)cn1. The summed E-state index contributed by atoms with van der Waals surface area (Å²) in [5, 5.41) is 7.20. The van der Waals surface area contributed by atoms with Crippen LogP contribution >= 0.6 is 11.3 Å². The Balaban J connectivity index is 1.56. The number of amides is 1. The van der Waals surface area contributed by atoms with Crippen LogP contribution < -0.4 is 10.1 Å². The van der Waals surface area contributed by atoms with Gasteiger partial charge >= 0.3 is 0 Å². The molecule has 0 atom stereocenters. The summed E-state index contributed by atoms with van der Waals surface area (Å²) in [6, 6.07) is 7.55. The molecule has 7 heteroatoms. The van der Waals surface area contributed by atoms with Crippen molar-refractivity contribution in [3.05, 3.63) is 58.3 Å². The predicted octanol–water partition coefficient (Wildman–Crippen LogP) is 3.01. The van der Waals surface area contributed by atoms with E-state index in [4.69, 9.17) is 4.74 Å². The third kappa shape index (κ3) is 4.06. The second-order valence-electron chi connectivity index (χ2n) is 5.57. The van der Waals surface area contributed by atoms with Gasteiger partial charge in [0.05, 0.1) is 30.1 Å². The normalized spacial score (nSPS) is 10.6. The van der Waals surface area contributed by atoms with Crippen molar-refractivity contribution in [1.29, 1.82) is 0 Å². The number of aromatic nitrogens is 3. The molecule has 3 rings (SSSR count). The Hall–Kier alpha value is -2.67. The van der Waals surface area contributed by atoms with Crippen molar-refractivity contribution in [2.45, 2.75) is 19.8 Å². The summed E-state index contributed by atoms with van der Waals surface area (Å²) in [4.78, 5) is 17.8. The second-order valence-corrected chi connectivity index (χ2v) is 6.51. The number of ether oxygens (including phenoxy) is 1. The fraction of sp³-hybridized carbons (Fsp3) is 0.278. The molecule has 0 bridgehead atoms. The van der Waals surface area contributed by atoms with Crippen molar-refractivity contribution >= 4 is 17.2 Å². The van der Waals surface area contributed by atoms with E-state index < -0.39 is 0 Å². The zero-order chi connectivity index (χ0) is 17.6. The Morgan fingerprint density at radius 3 is 2.96 bits per heavy atom. The molecule has 3 aromatic rings. The maximum absolute atomic E-state index is 12.3. The Morgan fingerprint density at radius 1 is 1.36 bits per heavy atom. The van der Waals surface area contributed by atoms with Gasteiger partial charge in [-0.2, -0.15) is 5.10 Å². The minimum Gasteiger partial charge on any atom is -0.494 e. The van der Waals surface area contributed by atoms with E-state index in [1.807, 2.05) is 36.7 Å². The molecule has 2 aromatic heterocycles. The average molecular weight is 356 g/mol. The van der Waals surface area contributed by atoms with E-state index >= 15 is 0 Å². The first kappa shape index (κ1) is 17.2. The molecule has 0 unspecified atom stereocenters. The lowest BCUT2D eigenvalue weighted by Crippen LogP contribution is -2.24. The topological polar surface area (TPSA) is 69.0 Å². The lowest BCUT2D eigenvalue weighted by Gasteiger charge is -2.07. The van der Waals surface area contributed by atoms with Crippen LogP contribution in [-0.4, -0.2) is 34.3 Å². The number of methoxy groups -OCH3 is 1. The lowest BCUT2D eigenvalue weighted by atomic mass is 10.2. The largest absolute Gasteiger partial charge is 0.494 e. The summed E-state index contributed by atoms with van der Waals surface area (Å²) in [5.41, 5.74) is 4.26. The molecule has 0 fully saturated rings. The molecule has 1 amide bonds. The number of para-hydroxylation sites is 2. The molecule has 25 heavy (non-hydrogen) atoms. The number of aryl methyl sites for hydroxylation is 2. The molecular weight excluding hydrogens is 336 g/mol. The van der Waals surface area contributed by atoms with Gasteiger partial charge in [0.15, 0.2) is 0 Å². The highest BCUT2D eigenvalue weighted by Crippen LogP contribution is 2.21. The van der Waals surface area contributed by atoms with Crippen LogP contribution in [0.4, 0.5) is 0 Å². The molecule has 1 aromatic carbocycles. The molecular formula is C18H20N4O2S. The van der Waals surface area contributed by atoms with Gasteiger partial charge < -0.3 is 10.1 Å². The van der Waals surface area contributed by atoms with Crippen LogP contribution in [-0.2, 0) is 6.42 Å². The second kappa shape index (κ2) is 7.94. The van der Waals surface area contributed by atoms with Crippen molar-refractivity contribution in [3.63, 3.8) is 0 Å². The number of thiazole rings is 1. The molecule has 0 aliphatic rings. The van der Waals surface area contributed by atoms with E-state index in [0.29, 0.717) is 17.9 Å². The van der Waals surface area contributed by atoms with Gasteiger partial charge in [-0.25, -0.2) is 9.67 Å². The van der Waals surface area contributed by atoms with Crippen LogP contribution in [0.1, 0.15) is 27.3 Å². The summed E-state index contributed by atoms with van der Waals surface area (Å²) in [6.07, 6.45) is 5.09. The summed E-state index contributed by atoms with van der Waals surface area (Å²) >= 11 is 1.66. The average Bonchev–Trinajstić information content (AvgIpc) is 3.28. The fourth-order valence-corrected chi connectivity index (χ4v) is 3.33. The van der Waals surface area contributed by atoms with E-state index in [2.05, 4.69) is 15.4 Å². The van der Waals surface area contributed by atoms with E-state index in [1.54, 1.807) is 35.5 Å². The molecule has 0 saturated carbocycles. The van der Waals surface area contributed by atoms with Crippen LogP contribution in [0.5, 0.6) is 5.75 Å². The molecule has 130 valence electrons. The fourth-order valence-electron chi connectivity index (χ4n) is 2.51. The van der Waals surface area contributed by atoms with Crippen molar-refractivity contribution in [2.75, 3.05) is 13.7 Å². The van der Waals surface area contributed by atoms with E-state index in [-0.39, 0.29) is 5.91 Å². The highest BCUT2D eigenvalue weighted by Gasteiger charge is 2.11. The first-order valence-corrected chi connectivity index (χ1v) is 8.92. The van der Waals surface area contributed by atoms with Gasteiger partial charge in [0, 0.05) is 17.6 Å². The zero-order valence-electron chi connectivity index (χ0n) is 14.2. The van der Waals surface area contributed by atoms with Gasteiger partial charge in [-0.15, -0.1) is 11.3 Å². The number of benzene rings is 1. The summed E-state index contributed by atoms with van der Waals surface area (Å²) in [5.74, 6) is 0.583. The standard InChI is InChI=1S/C18H20N4O2S/c1-13-17(25-12-20-13)8-5-9-19-18(23)14-10-21-22(11-14)15-6-3-4-7-16(15)24-2/h3-4,6-7,10-12H,5,8-9H2,1-2H3,(H,19,23). The van der Waals surface area contributed by atoms with Crippen LogP contribution in [0, 0.1) is 6.92 Å². The van der Waals surface area contributed by atoms with Crippen LogP contribution in [0.15, 0.2) is 42.2 Å². The number of rotatable bonds is 7. The maximum Gasteiger partial charge on any atom is 0.254 e. The van der Waals surface area contributed by atoms with Crippen molar-refractivity contribution < 1.29 is 9.53 Å². The molecule has 2 heterocycles. The van der Waals surface area contributed by atoms with E-state index in [9.17, 15) is 4.79 Å². The molecule has 0 saturated heterocycles. The van der Waals surface area contributed by atoms with E-state index in [1.165, 1.54) is 4.88 Å². The number of carbonyl (C=O) groups is 1. The van der Waals surface area contributed by atoms with Crippen molar-refractivity contribution in [2.24, 2.45) is 0 Å². The third-order valence-corrected chi connectivity index (χ3v) is 4.88. The summed E-state index contributed by atoms with van der Waals surface area (Å²) < 4.78 is 6.98. The van der Waals surface area contributed by atoms with Crippen molar-refractivity contribution in [1.82, 2.24) is 20.1 Å². The molecule has 0 aliphatic heterocycles. The number of nitrogens with one attached hydrogen (secondary N) is 1. The quantitative estimate of drug-likeness (QED) is 0.661. The van der Waals surface area contributed by atoms with Gasteiger partial charge in [-0.05, 0) is 31.9 Å². The first-order chi connectivity index (χ1) is 12.2. The Labute approximate surface area is 150 Å². The number of nitrogens with zero attached hydrogens (tertiary/aromatic N) is 3. The molecule has 1 N–H and O–H groups in total. The zero-order valence-corrected chi connectivity index (χ0v) is 15.0. The molecule has 6 nitrogen and oxygen atoms in total. The van der Waals surface area contributed by atoms with Crippen LogP contribution in [0.2, 0.25) is 0 Å². The Kier molecular flexibility index (Phi) is 5.45. The monoisotopic (exact) mass is 356 g/mol. The lowest BCUT2D eigenvalue weighted by molar-refractivity contribution is 0.0953. The summed E-state index contributed by atoms with van der Waals surface area (Å²) in [7, 11) is 1.61. The van der Waals surface area contributed by atoms with Gasteiger partial charge in [0.2, 0.25) is 0 Å². The number of carbonyl (C=O) groups excluding carboxylic acids is 1. The Bertz CT molecular complexity index is 856. The minimum absolute atomic E-state index is 0.123. The number of hydrogen-bond donors (Lipinski definition) is 1. The van der Waals surface area contributed by atoms with Crippen LogP contribution in [0.25, 0.3) is 5.69 Å². The smallest absolute Gasteiger partial charge is 0.254 e. The highest BCUT2D eigenvalue weighted by molar-refractivity contribution is 7.09. The number of hydrogen-bond acceptors (Lipinski definition) is 5. The maximum atomic E-state index is 12.3. The summed E-state index contributed by atoms with van der Waals surface area (Å²) in [6.45, 7) is 2.63. The molecule has 0 spiro atoms. The van der Waals surface area contributed by atoms with Gasteiger partial charge in [0.1, 0.15) is 11.4 Å².